The number of hydrogen-bond acceptors (Lipinski definition) is 4. The molecule has 4 rings (SSSR count). The Bertz CT molecular complexity index is 1170. The molecule has 1 aliphatic carbocycles. The molecule has 33 heavy (non-hydrogen) atoms. The maximum absolute atomic E-state index is 12.8. The summed E-state index contributed by atoms with van der Waals surface area (Å²) in [7, 11) is 1.79. The zero-order valence-corrected chi connectivity index (χ0v) is 20.0. The van der Waals surface area contributed by atoms with Crippen molar-refractivity contribution in [3.8, 4) is 0 Å². The average Bonchev–Trinajstić information content (AvgIpc) is 3.02. The Morgan fingerprint density at radius 1 is 1.15 bits per heavy atom. The van der Waals surface area contributed by atoms with E-state index in [0.717, 1.165) is 48.1 Å². The summed E-state index contributed by atoms with van der Waals surface area (Å²) >= 11 is 0. The van der Waals surface area contributed by atoms with Gasteiger partial charge in [0.2, 0.25) is 0 Å². The van der Waals surface area contributed by atoms with Crippen LogP contribution in [0.15, 0.2) is 47.3 Å². The summed E-state index contributed by atoms with van der Waals surface area (Å²) in [6.45, 7) is 7.28. The van der Waals surface area contributed by atoms with Gasteiger partial charge in [0, 0.05) is 31.2 Å². The maximum Gasteiger partial charge on any atom is 0.407 e. The van der Waals surface area contributed by atoms with Crippen molar-refractivity contribution in [1.29, 1.82) is 0 Å². The van der Waals surface area contributed by atoms with Gasteiger partial charge < -0.3 is 10.1 Å². The van der Waals surface area contributed by atoms with Gasteiger partial charge in [-0.15, -0.1) is 0 Å². The molecule has 1 aromatic carbocycles. The summed E-state index contributed by atoms with van der Waals surface area (Å²) in [5, 5.41) is 3.03. The number of amides is 1. The molecule has 0 aliphatic heterocycles. The summed E-state index contributed by atoms with van der Waals surface area (Å²) in [4.78, 5) is 30.0. The van der Waals surface area contributed by atoms with Crippen LogP contribution in [0, 0.1) is 5.41 Å². The fraction of sp³-hybridized carbons (Fsp3) is 0.500. The number of nitrogens with zero attached hydrogens (tertiary/aromatic N) is 3. The highest BCUT2D eigenvalue weighted by Gasteiger charge is 2.27. The van der Waals surface area contributed by atoms with Crippen molar-refractivity contribution >= 4 is 17.3 Å². The fourth-order valence-electron chi connectivity index (χ4n) is 4.66. The molecule has 1 aliphatic rings. The Morgan fingerprint density at radius 2 is 1.91 bits per heavy atom. The first-order valence-corrected chi connectivity index (χ1v) is 11.7. The molecule has 2 aromatic heterocycles. The molecule has 7 nitrogen and oxygen atoms in total. The third kappa shape index (κ3) is 5.46. The standard InChI is InChI=1S/C26H34N4O3/c1-26(2,3)17-30-22-14-13-21(28-23(22)29(4)25(30)32)19-11-8-12-20(15-19)27-24(31)33-16-18-9-6-5-7-10-18/h5-7,9-10,13-14,19-20H,8,11-12,15-17H2,1-4H3,(H,27,31). The van der Waals surface area contributed by atoms with Crippen LogP contribution in [0.4, 0.5) is 4.79 Å². The van der Waals surface area contributed by atoms with E-state index in [1.807, 2.05) is 47.0 Å². The molecule has 1 fully saturated rings. The second-order valence-corrected chi connectivity index (χ2v) is 10.3. The number of hydrogen-bond donors (Lipinski definition) is 1. The van der Waals surface area contributed by atoms with E-state index in [4.69, 9.17) is 9.72 Å². The maximum atomic E-state index is 12.8. The quantitative estimate of drug-likeness (QED) is 0.609. The minimum Gasteiger partial charge on any atom is -0.445 e. The Kier molecular flexibility index (Phi) is 6.58. The highest BCUT2D eigenvalue weighted by atomic mass is 16.5. The number of aryl methyl sites for hydroxylation is 1. The van der Waals surface area contributed by atoms with Gasteiger partial charge in [0.25, 0.3) is 0 Å². The Hall–Kier alpha value is -3.09. The second kappa shape index (κ2) is 9.41. The molecule has 1 amide bonds. The third-order valence-electron chi connectivity index (χ3n) is 6.26. The van der Waals surface area contributed by atoms with Crippen LogP contribution in [0.1, 0.15) is 63.6 Å². The average molecular weight is 451 g/mol. The van der Waals surface area contributed by atoms with Crippen LogP contribution in [0.2, 0.25) is 0 Å². The predicted molar refractivity (Wildman–Crippen MR) is 129 cm³/mol. The van der Waals surface area contributed by atoms with Crippen LogP contribution in [0.3, 0.4) is 0 Å². The van der Waals surface area contributed by atoms with Crippen molar-refractivity contribution in [3.05, 3.63) is 64.2 Å². The van der Waals surface area contributed by atoms with E-state index in [0.29, 0.717) is 6.54 Å². The number of rotatable bonds is 5. The van der Waals surface area contributed by atoms with Crippen molar-refractivity contribution in [3.63, 3.8) is 0 Å². The number of alkyl carbamates (subject to hydrolysis) is 1. The number of fused-ring (bicyclic) bond motifs is 1. The van der Waals surface area contributed by atoms with Crippen LogP contribution in [-0.4, -0.2) is 26.3 Å². The summed E-state index contributed by atoms with van der Waals surface area (Å²) in [6, 6.07) is 13.8. The highest BCUT2D eigenvalue weighted by molar-refractivity contribution is 5.72. The lowest BCUT2D eigenvalue weighted by Gasteiger charge is -2.29. The van der Waals surface area contributed by atoms with Gasteiger partial charge in [0.05, 0.1) is 5.52 Å². The summed E-state index contributed by atoms with van der Waals surface area (Å²) in [5.74, 6) is 0.239. The number of imidazole rings is 1. The minimum absolute atomic E-state index is 0.00579. The molecule has 2 unspecified atom stereocenters. The summed E-state index contributed by atoms with van der Waals surface area (Å²) < 4.78 is 8.86. The van der Waals surface area contributed by atoms with Crippen LogP contribution < -0.4 is 11.0 Å². The van der Waals surface area contributed by atoms with Crippen molar-refractivity contribution in [2.45, 2.75) is 71.6 Å². The van der Waals surface area contributed by atoms with Gasteiger partial charge in [0.15, 0.2) is 5.65 Å². The molecule has 2 atom stereocenters. The first-order chi connectivity index (χ1) is 15.7. The van der Waals surface area contributed by atoms with E-state index < -0.39 is 0 Å². The van der Waals surface area contributed by atoms with Gasteiger partial charge in [-0.2, -0.15) is 0 Å². The molecule has 0 saturated heterocycles. The number of aromatic nitrogens is 3. The Balaban J connectivity index is 1.44. The SMILES string of the molecule is Cn1c(=O)n(CC(C)(C)C)c2ccc(C3CCCC(NC(=O)OCc4ccccc4)C3)nc21. The minimum atomic E-state index is -0.380. The van der Waals surface area contributed by atoms with Gasteiger partial charge in [-0.25, -0.2) is 14.6 Å². The lowest BCUT2D eigenvalue weighted by Crippen LogP contribution is -2.38. The van der Waals surface area contributed by atoms with Gasteiger partial charge in [-0.1, -0.05) is 57.5 Å². The molecule has 176 valence electrons. The van der Waals surface area contributed by atoms with Crippen molar-refractivity contribution in [2.24, 2.45) is 12.5 Å². The van der Waals surface area contributed by atoms with Crippen LogP contribution in [0.25, 0.3) is 11.2 Å². The number of carbonyl (C=O) groups excluding carboxylic acids is 1. The number of nitrogens with one attached hydrogen (secondary N) is 1. The normalized spacial score (nSPS) is 18.9. The lowest BCUT2D eigenvalue weighted by atomic mass is 9.83. The zero-order chi connectivity index (χ0) is 23.6. The monoisotopic (exact) mass is 450 g/mol. The number of carbonyl (C=O) groups is 1. The smallest absolute Gasteiger partial charge is 0.407 e. The van der Waals surface area contributed by atoms with Gasteiger partial charge in [0.1, 0.15) is 6.61 Å². The molecule has 1 saturated carbocycles. The van der Waals surface area contributed by atoms with Crippen molar-refractivity contribution in [1.82, 2.24) is 19.4 Å². The van der Waals surface area contributed by atoms with Crippen LogP contribution >= 0.6 is 0 Å². The van der Waals surface area contributed by atoms with Crippen LogP contribution in [-0.2, 0) is 24.9 Å². The molecule has 3 aromatic rings. The van der Waals surface area contributed by atoms with Crippen LogP contribution in [0.5, 0.6) is 0 Å². The van der Waals surface area contributed by atoms with E-state index in [1.165, 1.54) is 0 Å². The second-order valence-electron chi connectivity index (χ2n) is 10.3. The van der Waals surface area contributed by atoms with E-state index in [-0.39, 0.29) is 35.8 Å². The van der Waals surface area contributed by atoms with E-state index in [1.54, 1.807) is 11.6 Å². The zero-order valence-electron chi connectivity index (χ0n) is 20.0. The first kappa shape index (κ1) is 23.1. The molecular weight excluding hydrogens is 416 g/mol. The van der Waals surface area contributed by atoms with Crippen molar-refractivity contribution < 1.29 is 9.53 Å². The largest absolute Gasteiger partial charge is 0.445 e. The molecule has 0 radical (unpaired) electrons. The molecule has 0 bridgehead atoms. The highest BCUT2D eigenvalue weighted by Crippen LogP contribution is 2.33. The van der Waals surface area contributed by atoms with E-state index in [9.17, 15) is 9.59 Å². The predicted octanol–water partition coefficient (Wildman–Crippen LogP) is 4.73. The Morgan fingerprint density at radius 3 is 2.64 bits per heavy atom. The molecule has 7 heteroatoms. The number of benzene rings is 1. The van der Waals surface area contributed by atoms with E-state index >= 15 is 0 Å². The van der Waals surface area contributed by atoms with Crippen molar-refractivity contribution in [2.75, 3.05) is 0 Å². The fourth-order valence-corrected chi connectivity index (χ4v) is 4.66. The summed E-state index contributed by atoms with van der Waals surface area (Å²) in [5.41, 5.74) is 3.50. The first-order valence-electron chi connectivity index (χ1n) is 11.7. The molecule has 2 heterocycles. The molecule has 1 N–H and O–H groups in total. The van der Waals surface area contributed by atoms with Gasteiger partial charge in [-0.05, 0) is 42.4 Å². The van der Waals surface area contributed by atoms with Gasteiger partial charge in [-0.3, -0.25) is 9.13 Å². The van der Waals surface area contributed by atoms with Gasteiger partial charge >= 0.3 is 11.8 Å². The summed E-state index contributed by atoms with van der Waals surface area (Å²) in [6.07, 6.45) is 3.40. The topological polar surface area (TPSA) is 78.2 Å². The Labute approximate surface area is 194 Å². The number of ether oxygens (including phenoxy) is 1. The lowest BCUT2D eigenvalue weighted by molar-refractivity contribution is 0.132. The number of pyridine rings is 1. The van der Waals surface area contributed by atoms with E-state index in [2.05, 4.69) is 26.1 Å². The third-order valence-corrected chi connectivity index (χ3v) is 6.26. The molecular formula is C26H34N4O3. The molecule has 0 spiro atoms.